The number of rotatable bonds is 3. The molecule has 2 nitrogen and oxygen atoms in total. The third-order valence-electron chi connectivity index (χ3n) is 6.40. The molecule has 0 unspecified atom stereocenters. The minimum absolute atomic E-state index is 0.785. The largest absolute Gasteiger partial charge is 0.330 e. The Balaban J connectivity index is 1.40. The predicted octanol–water partition coefficient (Wildman–Crippen LogP) is 3.41. The van der Waals surface area contributed by atoms with E-state index in [9.17, 15) is 0 Å². The summed E-state index contributed by atoms with van der Waals surface area (Å²) in [5.41, 5.74) is 6.57. The van der Waals surface area contributed by atoms with E-state index >= 15 is 0 Å². The van der Waals surface area contributed by atoms with Gasteiger partial charge >= 0.3 is 0 Å². The number of hydrogen-bond donors (Lipinski definition) is 1. The lowest BCUT2D eigenvalue weighted by Crippen LogP contribution is -2.41. The predicted molar refractivity (Wildman–Crippen MR) is 81.1 cm³/mol. The molecule has 3 fully saturated rings. The first-order chi connectivity index (χ1) is 9.30. The van der Waals surface area contributed by atoms with Crippen LogP contribution in [0.15, 0.2) is 0 Å². The average Bonchev–Trinajstić information content (AvgIpc) is 2.91. The van der Waals surface area contributed by atoms with Crippen LogP contribution in [0.25, 0.3) is 0 Å². The topological polar surface area (TPSA) is 29.3 Å². The third kappa shape index (κ3) is 3.33. The lowest BCUT2D eigenvalue weighted by Gasteiger charge is -2.41. The molecule has 0 radical (unpaired) electrons. The highest BCUT2D eigenvalue weighted by Gasteiger charge is 2.37. The maximum Gasteiger partial charge on any atom is 0.000967 e. The van der Waals surface area contributed by atoms with Crippen molar-refractivity contribution in [2.45, 2.75) is 64.2 Å². The molecular formula is C17H32N2. The highest BCUT2D eigenvalue weighted by Crippen LogP contribution is 2.46. The van der Waals surface area contributed by atoms with E-state index in [2.05, 4.69) is 4.90 Å². The molecule has 110 valence electrons. The summed E-state index contributed by atoms with van der Waals surface area (Å²) in [6.45, 7) is 5.07. The minimum Gasteiger partial charge on any atom is -0.330 e. The molecule has 3 aliphatic rings. The van der Waals surface area contributed by atoms with Crippen molar-refractivity contribution in [1.82, 2.24) is 4.90 Å². The Morgan fingerprint density at radius 1 is 0.842 bits per heavy atom. The van der Waals surface area contributed by atoms with Crippen LogP contribution in [0.2, 0.25) is 0 Å². The van der Waals surface area contributed by atoms with Crippen molar-refractivity contribution in [1.29, 1.82) is 0 Å². The van der Waals surface area contributed by atoms with E-state index in [1.165, 1.54) is 83.8 Å². The summed E-state index contributed by atoms with van der Waals surface area (Å²) in [7, 11) is 0. The Bertz CT molecular complexity index is 265. The van der Waals surface area contributed by atoms with Crippen molar-refractivity contribution in [3.05, 3.63) is 0 Å². The fourth-order valence-electron chi connectivity index (χ4n) is 4.85. The second kappa shape index (κ2) is 6.13. The van der Waals surface area contributed by atoms with Crippen LogP contribution in [0, 0.1) is 17.3 Å². The zero-order valence-electron chi connectivity index (χ0n) is 12.6. The summed E-state index contributed by atoms with van der Waals surface area (Å²) in [6.07, 6.45) is 14.7. The molecule has 1 saturated heterocycles. The Labute approximate surface area is 119 Å². The summed E-state index contributed by atoms with van der Waals surface area (Å²) in [5, 5.41) is 0. The van der Waals surface area contributed by atoms with Crippen LogP contribution < -0.4 is 5.73 Å². The van der Waals surface area contributed by atoms with E-state index in [1.807, 2.05) is 0 Å². The molecule has 1 spiro atoms. The zero-order chi connectivity index (χ0) is 13.1. The number of piperidine rings is 1. The van der Waals surface area contributed by atoms with Crippen molar-refractivity contribution in [3.8, 4) is 0 Å². The molecule has 2 heteroatoms. The third-order valence-corrected chi connectivity index (χ3v) is 6.40. The van der Waals surface area contributed by atoms with Gasteiger partial charge in [-0.25, -0.2) is 0 Å². The van der Waals surface area contributed by atoms with Gasteiger partial charge in [0.05, 0.1) is 0 Å². The molecule has 3 rings (SSSR count). The Morgan fingerprint density at radius 3 is 2.00 bits per heavy atom. The molecule has 19 heavy (non-hydrogen) atoms. The van der Waals surface area contributed by atoms with Gasteiger partial charge in [-0.1, -0.05) is 12.8 Å². The van der Waals surface area contributed by atoms with Crippen LogP contribution in [-0.2, 0) is 0 Å². The van der Waals surface area contributed by atoms with Gasteiger partial charge in [0.25, 0.3) is 0 Å². The van der Waals surface area contributed by atoms with E-state index in [0.29, 0.717) is 0 Å². The number of likely N-dealkylation sites (tertiary alicyclic amines) is 1. The van der Waals surface area contributed by atoms with E-state index in [4.69, 9.17) is 5.73 Å². The summed E-state index contributed by atoms with van der Waals surface area (Å²) in [6, 6.07) is 0. The first kappa shape index (κ1) is 13.9. The van der Waals surface area contributed by atoms with Gasteiger partial charge in [0.1, 0.15) is 0 Å². The lowest BCUT2D eigenvalue weighted by atomic mass is 9.76. The monoisotopic (exact) mass is 264 g/mol. The van der Waals surface area contributed by atoms with Crippen LogP contribution in [0.5, 0.6) is 0 Å². The van der Waals surface area contributed by atoms with Crippen LogP contribution in [-0.4, -0.2) is 31.1 Å². The van der Waals surface area contributed by atoms with Crippen LogP contribution in [0.3, 0.4) is 0 Å². The van der Waals surface area contributed by atoms with Crippen LogP contribution in [0.4, 0.5) is 0 Å². The van der Waals surface area contributed by atoms with Gasteiger partial charge in [-0.3, -0.25) is 0 Å². The van der Waals surface area contributed by atoms with Gasteiger partial charge in [0.2, 0.25) is 0 Å². The molecule has 2 N–H and O–H groups in total. The molecule has 1 aliphatic heterocycles. The van der Waals surface area contributed by atoms with E-state index in [0.717, 1.165) is 23.8 Å². The molecule has 2 saturated carbocycles. The van der Waals surface area contributed by atoms with Gasteiger partial charge in [-0.05, 0) is 88.3 Å². The first-order valence-corrected chi connectivity index (χ1v) is 8.72. The van der Waals surface area contributed by atoms with Crippen LogP contribution in [0.1, 0.15) is 64.2 Å². The molecule has 0 atom stereocenters. The molecular weight excluding hydrogens is 232 g/mol. The second-order valence-corrected chi connectivity index (χ2v) is 7.63. The number of hydrogen-bond acceptors (Lipinski definition) is 2. The maximum absolute atomic E-state index is 5.79. The van der Waals surface area contributed by atoms with Gasteiger partial charge in [-0.15, -0.1) is 0 Å². The Hall–Kier alpha value is -0.0800. The van der Waals surface area contributed by atoms with Crippen molar-refractivity contribution < 1.29 is 0 Å². The van der Waals surface area contributed by atoms with Gasteiger partial charge in [-0.2, -0.15) is 0 Å². The Kier molecular flexibility index (Phi) is 4.48. The second-order valence-electron chi connectivity index (χ2n) is 7.63. The standard InChI is InChI=1S/C17H32N2/c18-13-15-3-5-16(6-4-15)14-19-11-9-17(10-12-19)7-1-2-8-17/h15-16H,1-14,18H2. The quantitative estimate of drug-likeness (QED) is 0.846. The number of nitrogens with two attached hydrogens (primary N) is 1. The lowest BCUT2D eigenvalue weighted by molar-refractivity contribution is 0.0861. The van der Waals surface area contributed by atoms with Crippen molar-refractivity contribution in [2.24, 2.45) is 23.0 Å². The average molecular weight is 264 g/mol. The molecule has 1 heterocycles. The van der Waals surface area contributed by atoms with E-state index in [-0.39, 0.29) is 0 Å². The van der Waals surface area contributed by atoms with Crippen molar-refractivity contribution >= 4 is 0 Å². The summed E-state index contributed by atoms with van der Waals surface area (Å²) < 4.78 is 0. The SMILES string of the molecule is NCC1CCC(CN2CCC3(CCCC3)CC2)CC1. The summed E-state index contributed by atoms with van der Waals surface area (Å²) in [4.78, 5) is 2.77. The van der Waals surface area contributed by atoms with Gasteiger partial charge in [0, 0.05) is 6.54 Å². The smallest absolute Gasteiger partial charge is 0.000967 e. The molecule has 0 bridgehead atoms. The fraction of sp³-hybridized carbons (Fsp3) is 1.00. The maximum atomic E-state index is 5.79. The fourth-order valence-corrected chi connectivity index (χ4v) is 4.85. The highest BCUT2D eigenvalue weighted by molar-refractivity contribution is 4.90. The van der Waals surface area contributed by atoms with E-state index < -0.39 is 0 Å². The van der Waals surface area contributed by atoms with Crippen LogP contribution >= 0.6 is 0 Å². The summed E-state index contributed by atoms with van der Waals surface area (Å²) in [5.74, 6) is 1.81. The van der Waals surface area contributed by atoms with Crippen molar-refractivity contribution in [3.63, 3.8) is 0 Å². The first-order valence-electron chi connectivity index (χ1n) is 8.72. The Morgan fingerprint density at radius 2 is 1.42 bits per heavy atom. The minimum atomic E-state index is 0.785. The summed E-state index contributed by atoms with van der Waals surface area (Å²) >= 11 is 0. The molecule has 2 aliphatic carbocycles. The molecule has 0 aromatic heterocycles. The van der Waals surface area contributed by atoms with Crippen molar-refractivity contribution in [2.75, 3.05) is 26.2 Å². The molecule has 0 amide bonds. The van der Waals surface area contributed by atoms with E-state index in [1.54, 1.807) is 0 Å². The normalized spacial score (nSPS) is 35.8. The zero-order valence-corrected chi connectivity index (χ0v) is 12.6. The van der Waals surface area contributed by atoms with Gasteiger partial charge < -0.3 is 10.6 Å². The molecule has 0 aromatic carbocycles. The van der Waals surface area contributed by atoms with Gasteiger partial charge in [0.15, 0.2) is 0 Å². The highest BCUT2D eigenvalue weighted by atomic mass is 15.1. The number of nitrogens with zero attached hydrogens (tertiary/aromatic N) is 1. The molecule has 0 aromatic rings.